The van der Waals surface area contributed by atoms with Crippen molar-refractivity contribution in [2.24, 2.45) is 4.99 Å². The van der Waals surface area contributed by atoms with Gasteiger partial charge in [-0.05, 0) is 51.3 Å². The van der Waals surface area contributed by atoms with Gasteiger partial charge in [0.15, 0.2) is 5.96 Å². The summed E-state index contributed by atoms with van der Waals surface area (Å²) >= 11 is 0. The molecule has 180 valence electrons. The van der Waals surface area contributed by atoms with Crippen LogP contribution in [0, 0.1) is 0 Å². The van der Waals surface area contributed by atoms with Gasteiger partial charge in [-0.25, -0.2) is 0 Å². The number of aliphatic imine (C=N–C) groups is 1. The van der Waals surface area contributed by atoms with E-state index in [-0.39, 0.29) is 24.0 Å². The first-order valence-electron chi connectivity index (χ1n) is 12.1. The molecule has 8 heteroatoms. The van der Waals surface area contributed by atoms with Crippen molar-refractivity contribution in [3.05, 3.63) is 30.3 Å². The van der Waals surface area contributed by atoms with Gasteiger partial charge >= 0.3 is 0 Å². The largest absolute Gasteiger partial charge is 0.369 e. The lowest BCUT2D eigenvalue weighted by atomic mass is 10.2. The number of rotatable bonds is 11. The molecule has 0 aliphatic carbocycles. The molecule has 0 saturated carbocycles. The molecule has 32 heavy (non-hydrogen) atoms. The van der Waals surface area contributed by atoms with Crippen LogP contribution < -0.4 is 15.5 Å². The zero-order valence-electron chi connectivity index (χ0n) is 19.6. The van der Waals surface area contributed by atoms with Crippen LogP contribution >= 0.6 is 24.0 Å². The minimum absolute atomic E-state index is 0. The topological polar surface area (TPSA) is 63.2 Å². The van der Waals surface area contributed by atoms with Gasteiger partial charge in [0, 0.05) is 71.0 Å². The van der Waals surface area contributed by atoms with Crippen molar-refractivity contribution in [3.8, 4) is 0 Å². The standard InChI is InChI=1S/C24H40N6O.HI/c1-2-25-24(27-14-9-17-30-16-8-12-23(30)31)26-13-6-7-15-28-18-20-29(21-19-28)22-10-4-3-5-11-22;/h3-5,10-11H,2,6-9,12-21H2,1H3,(H2,25,26,27);1H. The van der Waals surface area contributed by atoms with E-state index in [2.05, 4.69) is 62.7 Å². The first-order chi connectivity index (χ1) is 15.3. The molecule has 0 aromatic heterocycles. The Bertz CT molecular complexity index is 678. The molecule has 0 atom stereocenters. The van der Waals surface area contributed by atoms with Crippen LogP contribution in [0.15, 0.2) is 35.3 Å². The SMILES string of the molecule is CCNC(=NCCCN1CCCC1=O)NCCCCN1CCN(c2ccccc2)CC1.I. The predicted molar refractivity (Wildman–Crippen MR) is 144 cm³/mol. The highest BCUT2D eigenvalue weighted by Gasteiger charge is 2.19. The van der Waals surface area contributed by atoms with Gasteiger partial charge in [-0.2, -0.15) is 0 Å². The minimum Gasteiger partial charge on any atom is -0.369 e. The number of likely N-dealkylation sites (tertiary alicyclic amines) is 1. The molecule has 0 unspecified atom stereocenters. The van der Waals surface area contributed by atoms with Crippen molar-refractivity contribution in [1.29, 1.82) is 0 Å². The van der Waals surface area contributed by atoms with E-state index in [1.807, 2.05) is 4.90 Å². The molecule has 2 N–H and O–H groups in total. The van der Waals surface area contributed by atoms with Gasteiger partial charge in [0.2, 0.25) is 5.91 Å². The molecule has 7 nitrogen and oxygen atoms in total. The van der Waals surface area contributed by atoms with E-state index in [1.54, 1.807) is 0 Å². The lowest BCUT2D eigenvalue weighted by Crippen LogP contribution is -2.46. The van der Waals surface area contributed by atoms with Gasteiger partial charge in [-0.1, -0.05) is 18.2 Å². The van der Waals surface area contributed by atoms with Crippen LogP contribution in [0.1, 0.15) is 39.0 Å². The summed E-state index contributed by atoms with van der Waals surface area (Å²) in [4.78, 5) is 23.4. The molecule has 2 aliphatic rings. The third-order valence-corrected chi connectivity index (χ3v) is 6.06. The summed E-state index contributed by atoms with van der Waals surface area (Å²) < 4.78 is 0. The van der Waals surface area contributed by atoms with Gasteiger partial charge in [-0.3, -0.25) is 14.7 Å². The molecule has 2 aliphatic heterocycles. The van der Waals surface area contributed by atoms with Crippen molar-refractivity contribution in [3.63, 3.8) is 0 Å². The second kappa shape index (κ2) is 15.3. The summed E-state index contributed by atoms with van der Waals surface area (Å²) in [5.74, 6) is 1.20. The number of hydrogen-bond acceptors (Lipinski definition) is 4. The van der Waals surface area contributed by atoms with Crippen LogP contribution in [0.5, 0.6) is 0 Å². The summed E-state index contributed by atoms with van der Waals surface area (Å²) in [6.07, 6.45) is 5.00. The Labute approximate surface area is 211 Å². The Morgan fingerprint density at radius 2 is 1.75 bits per heavy atom. The van der Waals surface area contributed by atoms with Crippen LogP contribution in [0.4, 0.5) is 5.69 Å². The van der Waals surface area contributed by atoms with Crippen molar-refractivity contribution < 1.29 is 4.79 Å². The number of nitrogens with one attached hydrogen (secondary N) is 2. The van der Waals surface area contributed by atoms with Gasteiger partial charge in [0.25, 0.3) is 0 Å². The first-order valence-corrected chi connectivity index (χ1v) is 12.1. The molecule has 1 amide bonds. The number of unbranched alkanes of at least 4 members (excludes halogenated alkanes) is 1. The van der Waals surface area contributed by atoms with E-state index in [0.717, 1.165) is 90.5 Å². The Kier molecular flexibility index (Phi) is 12.8. The number of halogens is 1. The summed E-state index contributed by atoms with van der Waals surface area (Å²) in [6.45, 7) is 12.1. The molecular formula is C24H41IN6O. The number of hydrogen-bond donors (Lipinski definition) is 2. The number of nitrogens with zero attached hydrogens (tertiary/aromatic N) is 4. The third-order valence-electron chi connectivity index (χ3n) is 6.06. The van der Waals surface area contributed by atoms with E-state index in [1.165, 1.54) is 18.7 Å². The van der Waals surface area contributed by atoms with Crippen molar-refractivity contribution >= 4 is 41.5 Å². The highest BCUT2D eigenvalue weighted by molar-refractivity contribution is 14.0. The fourth-order valence-corrected chi connectivity index (χ4v) is 4.27. The highest BCUT2D eigenvalue weighted by atomic mass is 127. The number of amides is 1. The Balaban J connectivity index is 0.00000363. The number of carbonyl (C=O) groups excluding carboxylic acids is 1. The second-order valence-electron chi connectivity index (χ2n) is 8.40. The lowest BCUT2D eigenvalue weighted by molar-refractivity contribution is -0.127. The minimum atomic E-state index is 0. The number of guanidine groups is 1. The molecule has 0 radical (unpaired) electrons. The molecule has 0 bridgehead atoms. The molecule has 2 heterocycles. The zero-order chi connectivity index (χ0) is 21.7. The zero-order valence-corrected chi connectivity index (χ0v) is 21.9. The smallest absolute Gasteiger partial charge is 0.222 e. The molecule has 1 aromatic carbocycles. The van der Waals surface area contributed by atoms with Crippen LogP contribution in [0.25, 0.3) is 0 Å². The fourth-order valence-electron chi connectivity index (χ4n) is 4.27. The van der Waals surface area contributed by atoms with E-state index in [0.29, 0.717) is 5.91 Å². The number of para-hydroxylation sites is 1. The summed E-state index contributed by atoms with van der Waals surface area (Å²) in [5.41, 5.74) is 1.34. The maximum atomic E-state index is 11.7. The quantitative estimate of drug-likeness (QED) is 0.190. The van der Waals surface area contributed by atoms with Gasteiger partial charge in [0.05, 0.1) is 0 Å². The summed E-state index contributed by atoms with van der Waals surface area (Å²) in [7, 11) is 0. The van der Waals surface area contributed by atoms with Crippen LogP contribution in [0.3, 0.4) is 0 Å². The molecule has 1 aromatic rings. The van der Waals surface area contributed by atoms with E-state index in [4.69, 9.17) is 0 Å². The fraction of sp³-hybridized carbons (Fsp3) is 0.667. The Morgan fingerprint density at radius 1 is 0.969 bits per heavy atom. The molecule has 0 spiro atoms. The molecule has 3 rings (SSSR count). The Morgan fingerprint density at radius 3 is 2.44 bits per heavy atom. The molecule has 2 fully saturated rings. The number of benzene rings is 1. The van der Waals surface area contributed by atoms with Crippen LogP contribution in [-0.4, -0.2) is 87.1 Å². The van der Waals surface area contributed by atoms with E-state index >= 15 is 0 Å². The summed E-state index contributed by atoms with van der Waals surface area (Å²) in [5, 5.41) is 6.78. The Hall–Kier alpha value is -1.55. The van der Waals surface area contributed by atoms with Crippen molar-refractivity contribution in [2.45, 2.75) is 39.0 Å². The van der Waals surface area contributed by atoms with Crippen LogP contribution in [-0.2, 0) is 4.79 Å². The first kappa shape index (κ1) is 26.7. The summed E-state index contributed by atoms with van der Waals surface area (Å²) in [6, 6.07) is 10.7. The third kappa shape index (κ3) is 9.13. The average molecular weight is 557 g/mol. The van der Waals surface area contributed by atoms with Crippen molar-refractivity contribution in [2.75, 3.05) is 70.3 Å². The predicted octanol–water partition coefficient (Wildman–Crippen LogP) is 2.77. The molecule has 2 saturated heterocycles. The van der Waals surface area contributed by atoms with Gasteiger partial charge in [0.1, 0.15) is 0 Å². The monoisotopic (exact) mass is 556 g/mol. The number of anilines is 1. The maximum absolute atomic E-state index is 11.7. The lowest BCUT2D eigenvalue weighted by Gasteiger charge is -2.36. The molecular weight excluding hydrogens is 515 g/mol. The maximum Gasteiger partial charge on any atom is 0.222 e. The number of piperazine rings is 1. The second-order valence-corrected chi connectivity index (χ2v) is 8.40. The van der Waals surface area contributed by atoms with Gasteiger partial charge in [-0.15, -0.1) is 24.0 Å². The van der Waals surface area contributed by atoms with Gasteiger partial charge < -0.3 is 20.4 Å². The highest BCUT2D eigenvalue weighted by Crippen LogP contribution is 2.15. The van der Waals surface area contributed by atoms with E-state index in [9.17, 15) is 4.79 Å². The number of carbonyl (C=O) groups is 1. The van der Waals surface area contributed by atoms with Crippen molar-refractivity contribution in [1.82, 2.24) is 20.4 Å². The normalized spacial score (nSPS) is 17.4. The van der Waals surface area contributed by atoms with Crippen LogP contribution in [0.2, 0.25) is 0 Å². The average Bonchev–Trinajstić information content (AvgIpc) is 3.22. The van der Waals surface area contributed by atoms with E-state index < -0.39 is 0 Å².